The third-order valence-corrected chi connectivity index (χ3v) is 4.48. The number of likely N-dealkylation sites (tertiary alicyclic amines) is 1. The molecule has 4 heteroatoms. The number of nitrogens with zero attached hydrogens (tertiary/aromatic N) is 2. The highest BCUT2D eigenvalue weighted by Crippen LogP contribution is 2.22. The normalized spacial score (nSPS) is 23.1. The predicted octanol–water partition coefficient (Wildman–Crippen LogP) is 1.79. The number of thiazole rings is 1. The van der Waals surface area contributed by atoms with Crippen molar-refractivity contribution in [1.82, 2.24) is 15.2 Å². The fourth-order valence-electron chi connectivity index (χ4n) is 2.39. The maximum atomic E-state index is 4.75. The standard InChI is InChI=1S/C13H23N3S/c1-10(14-2)6-12-9-17-13(15-12)7-11-4-5-16(3)8-11/h9-11,14H,4-8H2,1-3H3. The average Bonchev–Trinajstić information content (AvgIpc) is 2.89. The van der Waals surface area contributed by atoms with Crippen LogP contribution >= 0.6 is 11.3 Å². The molecule has 0 spiro atoms. The highest BCUT2D eigenvalue weighted by Gasteiger charge is 2.20. The molecule has 1 saturated heterocycles. The van der Waals surface area contributed by atoms with Crippen LogP contribution in [0.3, 0.4) is 0 Å². The van der Waals surface area contributed by atoms with Gasteiger partial charge in [0.1, 0.15) is 0 Å². The number of nitrogens with one attached hydrogen (secondary N) is 1. The minimum absolute atomic E-state index is 0.516. The van der Waals surface area contributed by atoms with E-state index >= 15 is 0 Å². The fourth-order valence-corrected chi connectivity index (χ4v) is 3.31. The minimum atomic E-state index is 0.516. The van der Waals surface area contributed by atoms with Crippen LogP contribution in [0.15, 0.2) is 5.38 Å². The Hall–Kier alpha value is -0.450. The number of hydrogen-bond donors (Lipinski definition) is 1. The molecule has 2 unspecified atom stereocenters. The minimum Gasteiger partial charge on any atom is -0.317 e. The predicted molar refractivity (Wildman–Crippen MR) is 73.6 cm³/mol. The summed E-state index contributed by atoms with van der Waals surface area (Å²) >= 11 is 1.83. The van der Waals surface area contributed by atoms with Crippen LogP contribution < -0.4 is 5.32 Å². The number of rotatable bonds is 5. The molecule has 2 heterocycles. The van der Waals surface area contributed by atoms with Crippen LogP contribution in [0.25, 0.3) is 0 Å². The maximum absolute atomic E-state index is 4.75. The van der Waals surface area contributed by atoms with Gasteiger partial charge in [-0.2, -0.15) is 0 Å². The van der Waals surface area contributed by atoms with E-state index in [1.54, 1.807) is 0 Å². The van der Waals surface area contributed by atoms with Crippen LogP contribution in [0.1, 0.15) is 24.0 Å². The summed E-state index contributed by atoms with van der Waals surface area (Å²) in [5.41, 5.74) is 1.25. The van der Waals surface area contributed by atoms with E-state index in [9.17, 15) is 0 Å². The van der Waals surface area contributed by atoms with Gasteiger partial charge < -0.3 is 10.2 Å². The largest absolute Gasteiger partial charge is 0.317 e. The molecule has 0 amide bonds. The van der Waals surface area contributed by atoms with Gasteiger partial charge >= 0.3 is 0 Å². The molecule has 3 nitrogen and oxygen atoms in total. The van der Waals surface area contributed by atoms with Crippen LogP contribution in [0.4, 0.5) is 0 Å². The van der Waals surface area contributed by atoms with Crippen molar-refractivity contribution in [2.75, 3.05) is 27.2 Å². The van der Waals surface area contributed by atoms with Gasteiger partial charge in [-0.1, -0.05) is 0 Å². The van der Waals surface area contributed by atoms with Gasteiger partial charge in [0.05, 0.1) is 10.7 Å². The van der Waals surface area contributed by atoms with Crippen LogP contribution in [0.2, 0.25) is 0 Å². The first-order valence-electron chi connectivity index (χ1n) is 6.46. The zero-order valence-electron chi connectivity index (χ0n) is 11.1. The summed E-state index contributed by atoms with van der Waals surface area (Å²) in [6.07, 6.45) is 3.54. The summed E-state index contributed by atoms with van der Waals surface area (Å²) in [5.74, 6) is 0.820. The Balaban J connectivity index is 1.85. The third kappa shape index (κ3) is 3.76. The van der Waals surface area contributed by atoms with Crippen molar-refractivity contribution < 1.29 is 0 Å². The SMILES string of the molecule is CNC(C)Cc1csc(CC2CCN(C)C2)n1. The van der Waals surface area contributed by atoms with Crippen molar-refractivity contribution in [1.29, 1.82) is 0 Å². The lowest BCUT2D eigenvalue weighted by atomic mass is 10.1. The van der Waals surface area contributed by atoms with Crippen molar-refractivity contribution in [2.45, 2.75) is 32.2 Å². The Bertz CT molecular complexity index is 350. The van der Waals surface area contributed by atoms with Crippen molar-refractivity contribution >= 4 is 11.3 Å². The van der Waals surface area contributed by atoms with Crippen molar-refractivity contribution in [2.24, 2.45) is 5.92 Å². The van der Waals surface area contributed by atoms with Gasteiger partial charge in [-0.25, -0.2) is 4.98 Å². The molecule has 96 valence electrons. The van der Waals surface area contributed by atoms with Crippen LogP contribution in [-0.2, 0) is 12.8 Å². The Labute approximate surface area is 108 Å². The highest BCUT2D eigenvalue weighted by atomic mass is 32.1. The number of likely N-dealkylation sites (N-methyl/N-ethyl adjacent to an activating group) is 1. The molecule has 1 aliphatic heterocycles. The summed E-state index contributed by atoms with van der Waals surface area (Å²) in [6.45, 7) is 4.69. The highest BCUT2D eigenvalue weighted by molar-refractivity contribution is 7.09. The second kappa shape index (κ2) is 5.94. The fraction of sp³-hybridized carbons (Fsp3) is 0.769. The van der Waals surface area contributed by atoms with E-state index in [-0.39, 0.29) is 0 Å². The molecule has 1 aliphatic rings. The second-order valence-electron chi connectivity index (χ2n) is 5.25. The summed E-state index contributed by atoms with van der Waals surface area (Å²) in [7, 11) is 4.22. The Morgan fingerprint density at radius 1 is 1.65 bits per heavy atom. The molecule has 2 atom stereocenters. The summed E-state index contributed by atoms with van der Waals surface area (Å²) < 4.78 is 0. The molecule has 1 fully saturated rings. The van der Waals surface area contributed by atoms with E-state index in [0.717, 1.165) is 12.3 Å². The van der Waals surface area contributed by atoms with Crippen molar-refractivity contribution in [3.63, 3.8) is 0 Å². The molecule has 2 rings (SSSR count). The lowest BCUT2D eigenvalue weighted by molar-refractivity contribution is 0.394. The molecule has 1 aromatic rings. The number of aromatic nitrogens is 1. The second-order valence-corrected chi connectivity index (χ2v) is 6.19. The first kappa shape index (κ1) is 13.0. The molecule has 0 radical (unpaired) electrons. The number of hydrogen-bond acceptors (Lipinski definition) is 4. The third-order valence-electron chi connectivity index (χ3n) is 3.56. The van der Waals surface area contributed by atoms with Crippen molar-refractivity contribution in [3.05, 3.63) is 16.1 Å². The maximum Gasteiger partial charge on any atom is 0.0931 e. The Morgan fingerprint density at radius 2 is 2.47 bits per heavy atom. The smallest absolute Gasteiger partial charge is 0.0931 e. The lowest BCUT2D eigenvalue weighted by Gasteiger charge is -2.08. The van der Waals surface area contributed by atoms with Gasteiger partial charge in [0, 0.05) is 30.8 Å². The molecule has 17 heavy (non-hydrogen) atoms. The van der Waals surface area contributed by atoms with Gasteiger partial charge in [-0.15, -0.1) is 11.3 Å². The monoisotopic (exact) mass is 253 g/mol. The van der Waals surface area contributed by atoms with E-state index in [0.29, 0.717) is 6.04 Å². The average molecular weight is 253 g/mol. The molecular weight excluding hydrogens is 230 g/mol. The Morgan fingerprint density at radius 3 is 3.12 bits per heavy atom. The van der Waals surface area contributed by atoms with Gasteiger partial charge in [0.15, 0.2) is 0 Å². The summed E-state index contributed by atoms with van der Waals surface area (Å²) in [5, 5.41) is 6.81. The van der Waals surface area contributed by atoms with E-state index < -0.39 is 0 Å². The molecule has 1 N–H and O–H groups in total. The topological polar surface area (TPSA) is 28.2 Å². The zero-order valence-corrected chi connectivity index (χ0v) is 11.9. The molecule has 0 saturated carbocycles. The van der Waals surface area contributed by atoms with E-state index in [2.05, 4.69) is 29.6 Å². The van der Waals surface area contributed by atoms with Crippen molar-refractivity contribution in [3.8, 4) is 0 Å². The molecular formula is C13H23N3S. The lowest BCUT2D eigenvalue weighted by Crippen LogP contribution is -2.23. The molecule has 0 aromatic carbocycles. The van der Waals surface area contributed by atoms with Gasteiger partial charge in [0.2, 0.25) is 0 Å². The summed E-state index contributed by atoms with van der Waals surface area (Å²) in [4.78, 5) is 7.17. The van der Waals surface area contributed by atoms with E-state index in [1.165, 1.54) is 36.6 Å². The molecule has 0 bridgehead atoms. The van der Waals surface area contributed by atoms with Crippen LogP contribution in [0, 0.1) is 5.92 Å². The van der Waals surface area contributed by atoms with Crippen LogP contribution in [-0.4, -0.2) is 43.1 Å². The first-order chi connectivity index (χ1) is 8.17. The quantitative estimate of drug-likeness (QED) is 0.867. The first-order valence-corrected chi connectivity index (χ1v) is 7.34. The Kier molecular flexibility index (Phi) is 4.54. The van der Waals surface area contributed by atoms with Gasteiger partial charge in [-0.05, 0) is 39.9 Å². The zero-order chi connectivity index (χ0) is 12.3. The molecule has 1 aromatic heterocycles. The van der Waals surface area contributed by atoms with Crippen LogP contribution in [0.5, 0.6) is 0 Å². The van der Waals surface area contributed by atoms with Gasteiger partial charge in [-0.3, -0.25) is 0 Å². The molecule has 0 aliphatic carbocycles. The van der Waals surface area contributed by atoms with E-state index in [4.69, 9.17) is 4.98 Å². The van der Waals surface area contributed by atoms with E-state index in [1.807, 2.05) is 18.4 Å². The van der Waals surface area contributed by atoms with Gasteiger partial charge in [0.25, 0.3) is 0 Å². The summed E-state index contributed by atoms with van der Waals surface area (Å²) in [6, 6.07) is 0.516.